The number of benzene rings is 2. The molecule has 27 heavy (non-hydrogen) atoms. The first-order valence-electron chi connectivity index (χ1n) is 8.20. The van der Waals surface area contributed by atoms with Gasteiger partial charge in [0.2, 0.25) is 0 Å². The van der Waals surface area contributed by atoms with Gasteiger partial charge in [0.15, 0.2) is 5.65 Å². The Morgan fingerprint density at radius 1 is 1.15 bits per heavy atom. The second-order valence-corrected chi connectivity index (χ2v) is 6.70. The van der Waals surface area contributed by atoms with E-state index >= 15 is 0 Å². The fraction of sp³-hybridized carbons (Fsp3) is 0.0500. The van der Waals surface area contributed by atoms with Crippen LogP contribution in [0, 0.1) is 0 Å². The van der Waals surface area contributed by atoms with Gasteiger partial charge in [-0.15, -0.1) is 0 Å². The van der Waals surface area contributed by atoms with Crippen LogP contribution in [-0.2, 0) is 4.74 Å². The van der Waals surface area contributed by atoms with Gasteiger partial charge in [0, 0.05) is 22.4 Å². The molecule has 134 valence electrons. The molecule has 2 heterocycles. The molecule has 6 nitrogen and oxygen atoms in total. The molecule has 0 amide bonds. The molecule has 0 aliphatic heterocycles. The van der Waals surface area contributed by atoms with Crippen molar-refractivity contribution in [1.82, 2.24) is 14.4 Å². The van der Waals surface area contributed by atoms with E-state index in [1.165, 1.54) is 7.11 Å². The third kappa shape index (κ3) is 3.29. The standard InChI is InChI=1S/C20H15BrN4O2/c1-27-20(26)15-4-2-3-5-16(15)23-19-18(13-6-8-14(21)9-7-13)24-17-12-22-10-11-25(17)19/h2-12,23H,1H3. The number of hydrogen-bond donors (Lipinski definition) is 1. The van der Waals surface area contributed by atoms with Crippen molar-refractivity contribution in [2.75, 3.05) is 12.4 Å². The summed E-state index contributed by atoms with van der Waals surface area (Å²) in [7, 11) is 1.37. The predicted molar refractivity (Wildman–Crippen MR) is 107 cm³/mol. The third-order valence-corrected chi connectivity index (χ3v) is 4.66. The Morgan fingerprint density at radius 2 is 1.93 bits per heavy atom. The van der Waals surface area contributed by atoms with E-state index in [9.17, 15) is 4.79 Å². The fourth-order valence-corrected chi connectivity index (χ4v) is 3.11. The molecule has 0 radical (unpaired) electrons. The molecule has 0 aliphatic rings. The smallest absolute Gasteiger partial charge is 0.339 e. The Morgan fingerprint density at radius 3 is 2.70 bits per heavy atom. The summed E-state index contributed by atoms with van der Waals surface area (Å²) in [5.41, 5.74) is 3.50. The topological polar surface area (TPSA) is 68.5 Å². The fourth-order valence-electron chi connectivity index (χ4n) is 2.84. The summed E-state index contributed by atoms with van der Waals surface area (Å²) >= 11 is 3.46. The highest BCUT2D eigenvalue weighted by Gasteiger charge is 2.17. The molecule has 0 bridgehead atoms. The Balaban J connectivity index is 1.88. The van der Waals surface area contributed by atoms with E-state index in [2.05, 4.69) is 26.2 Å². The highest BCUT2D eigenvalue weighted by atomic mass is 79.9. The number of carbonyl (C=O) groups is 1. The number of aromatic nitrogens is 3. The molecule has 0 unspecified atom stereocenters. The van der Waals surface area contributed by atoms with Gasteiger partial charge in [0.05, 0.1) is 24.6 Å². The maximum absolute atomic E-state index is 12.1. The largest absolute Gasteiger partial charge is 0.465 e. The van der Waals surface area contributed by atoms with Gasteiger partial charge in [-0.25, -0.2) is 9.78 Å². The number of para-hydroxylation sites is 1. The Bertz CT molecular complexity index is 1120. The van der Waals surface area contributed by atoms with Gasteiger partial charge in [-0.3, -0.25) is 9.38 Å². The van der Waals surface area contributed by atoms with Crippen molar-refractivity contribution in [3.05, 3.63) is 77.2 Å². The summed E-state index contributed by atoms with van der Waals surface area (Å²) in [5, 5.41) is 3.35. The van der Waals surface area contributed by atoms with Crippen molar-refractivity contribution in [2.45, 2.75) is 0 Å². The third-order valence-electron chi connectivity index (χ3n) is 4.13. The number of nitrogens with one attached hydrogen (secondary N) is 1. The average molecular weight is 423 g/mol. The van der Waals surface area contributed by atoms with E-state index in [1.54, 1.807) is 24.5 Å². The molecular formula is C20H15BrN4O2. The van der Waals surface area contributed by atoms with Crippen molar-refractivity contribution in [3.8, 4) is 11.3 Å². The van der Waals surface area contributed by atoms with Crippen molar-refractivity contribution >= 4 is 39.1 Å². The molecule has 4 aromatic rings. The Labute approximate surface area is 164 Å². The average Bonchev–Trinajstić information content (AvgIpc) is 3.07. The monoisotopic (exact) mass is 422 g/mol. The minimum atomic E-state index is -0.404. The minimum absolute atomic E-state index is 0.404. The van der Waals surface area contributed by atoms with Crippen molar-refractivity contribution in [3.63, 3.8) is 0 Å². The van der Waals surface area contributed by atoms with E-state index in [4.69, 9.17) is 9.72 Å². The molecule has 4 rings (SSSR count). The van der Waals surface area contributed by atoms with Gasteiger partial charge in [-0.2, -0.15) is 0 Å². The second-order valence-electron chi connectivity index (χ2n) is 5.78. The number of rotatable bonds is 4. The van der Waals surface area contributed by atoms with Crippen LogP contribution in [0.4, 0.5) is 11.5 Å². The van der Waals surface area contributed by atoms with E-state index in [0.717, 1.165) is 21.5 Å². The number of methoxy groups -OCH3 is 1. The summed E-state index contributed by atoms with van der Waals surface area (Å²) in [6.07, 6.45) is 5.21. The van der Waals surface area contributed by atoms with Crippen molar-refractivity contribution in [1.29, 1.82) is 0 Å². The van der Waals surface area contributed by atoms with Crippen LogP contribution >= 0.6 is 15.9 Å². The maximum atomic E-state index is 12.1. The van der Waals surface area contributed by atoms with E-state index < -0.39 is 5.97 Å². The first-order chi connectivity index (χ1) is 13.2. The van der Waals surface area contributed by atoms with Crippen molar-refractivity contribution in [2.24, 2.45) is 0 Å². The molecule has 2 aromatic heterocycles. The summed E-state index contributed by atoms with van der Waals surface area (Å²) in [6.45, 7) is 0. The molecule has 0 saturated carbocycles. The van der Waals surface area contributed by atoms with Crippen LogP contribution < -0.4 is 5.32 Å². The number of hydrogen-bond acceptors (Lipinski definition) is 5. The lowest BCUT2D eigenvalue weighted by atomic mass is 10.1. The van der Waals surface area contributed by atoms with E-state index in [0.29, 0.717) is 16.9 Å². The predicted octanol–water partition coefficient (Wildman–Crippen LogP) is 4.69. The molecule has 0 saturated heterocycles. The summed E-state index contributed by atoms with van der Waals surface area (Å²) < 4.78 is 7.78. The summed E-state index contributed by atoms with van der Waals surface area (Å²) in [5.74, 6) is 0.338. The minimum Gasteiger partial charge on any atom is -0.465 e. The first-order valence-corrected chi connectivity index (χ1v) is 8.99. The number of fused-ring (bicyclic) bond motifs is 1. The van der Waals surface area contributed by atoms with Gasteiger partial charge in [0.1, 0.15) is 11.5 Å². The van der Waals surface area contributed by atoms with Crippen molar-refractivity contribution < 1.29 is 9.53 Å². The number of halogens is 1. The summed E-state index contributed by atoms with van der Waals surface area (Å²) in [4.78, 5) is 21.0. The number of imidazole rings is 1. The van der Waals surface area contributed by atoms with Crippen LogP contribution in [0.1, 0.15) is 10.4 Å². The lowest BCUT2D eigenvalue weighted by molar-refractivity contribution is 0.0602. The van der Waals surface area contributed by atoms with Crippen LogP contribution in [0.5, 0.6) is 0 Å². The molecule has 0 aliphatic carbocycles. The number of nitrogens with zero attached hydrogens (tertiary/aromatic N) is 3. The highest BCUT2D eigenvalue weighted by Crippen LogP contribution is 2.32. The molecular weight excluding hydrogens is 408 g/mol. The number of ether oxygens (including phenoxy) is 1. The van der Waals surface area contributed by atoms with Gasteiger partial charge in [0.25, 0.3) is 0 Å². The quantitative estimate of drug-likeness (QED) is 0.483. The molecule has 0 spiro atoms. The number of carbonyl (C=O) groups excluding carboxylic acids is 1. The van der Waals surface area contributed by atoms with Gasteiger partial charge >= 0.3 is 5.97 Å². The zero-order valence-corrected chi connectivity index (χ0v) is 16.0. The van der Waals surface area contributed by atoms with Crippen LogP contribution in [0.2, 0.25) is 0 Å². The summed E-state index contributed by atoms with van der Waals surface area (Å²) in [6, 6.07) is 15.1. The SMILES string of the molecule is COC(=O)c1ccccc1Nc1c(-c2ccc(Br)cc2)nc2cnccn12. The number of anilines is 2. The molecule has 0 atom stereocenters. The molecule has 1 N–H and O–H groups in total. The number of esters is 1. The van der Waals surface area contributed by atoms with Crippen LogP contribution in [0.3, 0.4) is 0 Å². The highest BCUT2D eigenvalue weighted by molar-refractivity contribution is 9.10. The Kier molecular flexibility index (Phi) is 4.60. The van der Waals surface area contributed by atoms with Crippen LogP contribution in [-0.4, -0.2) is 27.4 Å². The van der Waals surface area contributed by atoms with E-state index in [-0.39, 0.29) is 0 Å². The lowest BCUT2D eigenvalue weighted by Gasteiger charge is -2.12. The zero-order valence-electron chi connectivity index (χ0n) is 14.4. The molecule has 7 heteroatoms. The first kappa shape index (κ1) is 17.2. The zero-order chi connectivity index (χ0) is 18.8. The van der Waals surface area contributed by atoms with E-state index in [1.807, 2.05) is 47.0 Å². The molecule has 2 aromatic carbocycles. The molecule has 0 fully saturated rings. The van der Waals surface area contributed by atoms with Crippen LogP contribution in [0.25, 0.3) is 16.9 Å². The van der Waals surface area contributed by atoms with Crippen LogP contribution in [0.15, 0.2) is 71.6 Å². The normalized spacial score (nSPS) is 10.7. The van der Waals surface area contributed by atoms with Gasteiger partial charge in [-0.1, -0.05) is 40.2 Å². The maximum Gasteiger partial charge on any atom is 0.339 e. The second kappa shape index (κ2) is 7.20. The lowest BCUT2D eigenvalue weighted by Crippen LogP contribution is -2.06. The van der Waals surface area contributed by atoms with Gasteiger partial charge < -0.3 is 10.1 Å². The Hall–Kier alpha value is -3.19. The van der Waals surface area contributed by atoms with Gasteiger partial charge in [-0.05, 0) is 24.3 Å².